The molecule has 1 atom stereocenters. The fourth-order valence-electron chi connectivity index (χ4n) is 2.33. The Kier molecular flexibility index (Phi) is 4.18. The summed E-state index contributed by atoms with van der Waals surface area (Å²) >= 11 is 6.24. The molecule has 2 N–H and O–H groups in total. The molecule has 2 rings (SSSR count). The number of nitrogen functional groups attached to an aromatic ring is 1. The van der Waals surface area contributed by atoms with Gasteiger partial charge >= 0.3 is 5.97 Å². The van der Waals surface area contributed by atoms with Crippen molar-refractivity contribution in [2.45, 2.75) is 26.3 Å². The number of carbonyl (C=O) groups excluding carboxylic acids is 1. The van der Waals surface area contributed by atoms with Crippen LogP contribution in [0.5, 0.6) is 0 Å². The van der Waals surface area contributed by atoms with E-state index in [1.54, 1.807) is 16.7 Å². The highest BCUT2D eigenvalue weighted by molar-refractivity contribution is 6.35. The molecular formula is C14H18ClN3O2. The summed E-state index contributed by atoms with van der Waals surface area (Å²) in [7, 11) is 1.37. The Morgan fingerprint density at radius 1 is 1.50 bits per heavy atom. The standard InChI is InChI=1S/C14H18ClN3O2/c1-8(2)7-11(13(19)20-3)18-12-9(15)5-4-6-10(12)17-14(18)16/h4-6,8,11H,7H2,1-3H3,(H2,16,17). The Morgan fingerprint density at radius 3 is 2.80 bits per heavy atom. The van der Waals surface area contributed by atoms with Crippen LogP contribution in [0.15, 0.2) is 18.2 Å². The van der Waals surface area contributed by atoms with Crippen molar-refractivity contribution in [1.82, 2.24) is 9.55 Å². The Labute approximate surface area is 122 Å². The Hall–Kier alpha value is -1.75. The zero-order chi connectivity index (χ0) is 14.9. The first-order chi connectivity index (χ1) is 9.45. The maximum Gasteiger partial charge on any atom is 0.328 e. The van der Waals surface area contributed by atoms with Crippen LogP contribution < -0.4 is 5.73 Å². The van der Waals surface area contributed by atoms with Crippen LogP contribution in [0.25, 0.3) is 11.0 Å². The van der Waals surface area contributed by atoms with Crippen molar-refractivity contribution in [2.24, 2.45) is 5.92 Å². The van der Waals surface area contributed by atoms with Crippen molar-refractivity contribution < 1.29 is 9.53 Å². The van der Waals surface area contributed by atoms with Gasteiger partial charge in [0.1, 0.15) is 6.04 Å². The molecule has 1 heterocycles. The summed E-state index contributed by atoms with van der Waals surface area (Å²) in [5, 5.41) is 0.518. The van der Waals surface area contributed by atoms with Crippen LogP contribution in [-0.2, 0) is 9.53 Å². The molecule has 0 aliphatic carbocycles. The van der Waals surface area contributed by atoms with Crippen molar-refractivity contribution >= 4 is 34.6 Å². The molecule has 108 valence electrons. The monoisotopic (exact) mass is 295 g/mol. The van der Waals surface area contributed by atoms with E-state index in [2.05, 4.69) is 4.98 Å². The molecule has 6 heteroatoms. The number of halogens is 1. The number of rotatable bonds is 4. The number of carbonyl (C=O) groups is 1. The summed E-state index contributed by atoms with van der Waals surface area (Å²) in [6, 6.07) is 4.85. The number of hydrogen-bond acceptors (Lipinski definition) is 4. The lowest BCUT2D eigenvalue weighted by Crippen LogP contribution is -2.24. The van der Waals surface area contributed by atoms with E-state index in [9.17, 15) is 4.79 Å². The van der Waals surface area contributed by atoms with E-state index in [1.165, 1.54) is 7.11 Å². The number of nitrogens with zero attached hydrogens (tertiary/aromatic N) is 2. The van der Waals surface area contributed by atoms with E-state index < -0.39 is 6.04 Å². The molecule has 1 aromatic heterocycles. The minimum absolute atomic E-state index is 0.268. The fourth-order valence-corrected chi connectivity index (χ4v) is 2.59. The molecule has 0 saturated heterocycles. The number of fused-ring (bicyclic) bond motifs is 1. The second-order valence-electron chi connectivity index (χ2n) is 5.12. The largest absolute Gasteiger partial charge is 0.467 e. The van der Waals surface area contributed by atoms with Gasteiger partial charge in [-0.2, -0.15) is 0 Å². The van der Waals surface area contributed by atoms with Gasteiger partial charge in [-0.05, 0) is 24.5 Å². The van der Waals surface area contributed by atoms with Gasteiger partial charge in [-0.3, -0.25) is 4.57 Å². The second kappa shape index (κ2) is 5.71. The lowest BCUT2D eigenvalue weighted by molar-refractivity contribution is -0.145. The van der Waals surface area contributed by atoms with Crippen molar-refractivity contribution in [3.05, 3.63) is 23.2 Å². The van der Waals surface area contributed by atoms with Crippen LogP contribution >= 0.6 is 11.6 Å². The third-order valence-corrected chi connectivity index (χ3v) is 3.47. The third kappa shape index (κ3) is 2.58. The van der Waals surface area contributed by atoms with E-state index in [-0.39, 0.29) is 11.9 Å². The van der Waals surface area contributed by atoms with Crippen LogP contribution in [0.3, 0.4) is 0 Å². The summed E-state index contributed by atoms with van der Waals surface area (Å²) in [6.07, 6.45) is 0.605. The smallest absolute Gasteiger partial charge is 0.328 e. The SMILES string of the molecule is COC(=O)C(CC(C)C)n1c(N)nc2cccc(Cl)c21. The summed E-state index contributed by atoms with van der Waals surface area (Å²) in [5.41, 5.74) is 7.32. The number of para-hydroxylation sites is 1. The normalized spacial score (nSPS) is 12.8. The van der Waals surface area contributed by atoms with Gasteiger partial charge in [0, 0.05) is 0 Å². The number of nitrogens with two attached hydrogens (primary N) is 1. The van der Waals surface area contributed by atoms with Gasteiger partial charge in [0.15, 0.2) is 0 Å². The molecular weight excluding hydrogens is 278 g/mol. The van der Waals surface area contributed by atoms with E-state index in [0.717, 1.165) is 0 Å². The topological polar surface area (TPSA) is 70.1 Å². The number of hydrogen-bond donors (Lipinski definition) is 1. The molecule has 5 nitrogen and oxygen atoms in total. The average Bonchev–Trinajstić information content (AvgIpc) is 2.72. The molecule has 0 bridgehead atoms. The maximum absolute atomic E-state index is 12.1. The van der Waals surface area contributed by atoms with Crippen molar-refractivity contribution in [2.75, 3.05) is 12.8 Å². The zero-order valence-electron chi connectivity index (χ0n) is 11.8. The Bertz CT molecular complexity index is 637. The first-order valence-electron chi connectivity index (χ1n) is 6.45. The maximum atomic E-state index is 12.1. The number of anilines is 1. The quantitative estimate of drug-likeness (QED) is 0.880. The molecule has 0 radical (unpaired) electrons. The summed E-state index contributed by atoms with van der Waals surface area (Å²) < 4.78 is 6.56. The molecule has 2 aromatic rings. The van der Waals surface area contributed by atoms with Gasteiger partial charge in [0.05, 0.1) is 23.2 Å². The Morgan fingerprint density at radius 2 is 2.20 bits per heavy atom. The van der Waals surface area contributed by atoms with Crippen LogP contribution in [0.4, 0.5) is 5.95 Å². The average molecular weight is 296 g/mol. The molecule has 1 unspecified atom stereocenters. The molecule has 1 aromatic carbocycles. The third-order valence-electron chi connectivity index (χ3n) is 3.17. The Balaban J connectivity index is 2.63. The van der Waals surface area contributed by atoms with Crippen LogP contribution in [0, 0.1) is 5.92 Å². The minimum Gasteiger partial charge on any atom is -0.467 e. The highest BCUT2D eigenvalue weighted by atomic mass is 35.5. The van der Waals surface area contributed by atoms with Crippen molar-refractivity contribution in [1.29, 1.82) is 0 Å². The summed E-state index contributed by atoms with van der Waals surface area (Å²) in [5.74, 6) is 0.229. The van der Waals surface area contributed by atoms with Gasteiger partial charge in [-0.15, -0.1) is 0 Å². The van der Waals surface area contributed by atoms with Gasteiger partial charge in [0.25, 0.3) is 0 Å². The van der Waals surface area contributed by atoms with E-state index in [0.29, 0.717) is 28.4 Å². The molecule has 0 aliphatic rings. The number of aromatic nitrogens is 2. The number of ether oxygens (including phenoxy) is 1. The first kappa shape index (κ1) is 14.7. The fraction of sp³-hybridized carbons (Fsp3) is 0.429. The van der Waals surface area contributed by atoms with Gasteiger partial charge in [-0.1, -0.05) is 31.5 Å². The van der Waals surface area contributed by atoms with Crippen LogP contribution in [-0.4, -0.2) is 22.6 Å². The molecule has 0 spiro atoms. The number of imidazole rings is 1. The number of methoxy groups -OCH3 is 1. The minimum atomic E-state index is -0.523. The van der Waals surface area contributed by atoms with Crippen molar-refractivity contribution in [3.8, 4) is 0 Å². The predicted molar refractivity (Wildman–Crippen MR) is 79.7 cm³/mol. The molecule has 0 amide bonds. The van der Waals surface area contributed by atoms with E-state index >= 15 is 0 Å². The first-order valence-corrected chi connectivity index (χ1v) is 6.83. The molecule has 0 saturated carbocycles. The number of benzene rings is 1. The van der Waals surface area contributed by atoms with Gasteiger partial charge < -0.3 is 10.5 Å². The number of esters is 1. The van der Waals surface area contributed by atoms with E-state index in [4.69, 9.17) is 22.1 Å². The molecule has 0 fully saturated rings. The van der Waals surface area contributed by atoms with Crippen LogP contribution in [0.2, 0.25) is 5.02 Å². The highest BCUT2D eigenvalue weighted by Gasteiger charge is 2.27. The molecule has 20 heavy (non-hydrogen) atoms. The van der Waals surface area contributed by atoms with Crippen molar-refractivity contribution in [3.63, 3.8) is 0 Å². The highest BCUT2D eigenvalue weighted by Crippen LogP contribution is 2.32. The summed E-state index contributed by atoms with van der Waals surface area (Å²) in [6.45, 7) is 4.07. The lowest BCUT2D eigenvalue weighted by Gasteiger charge is -2.20. The lowest BCUT2D eigenvalue weighted by atomic mass is 10.0. The predicted octanol–water partition coefficient (Wildman–Crippen LogP) is 3.03. The molecule has 0 aliphatic heterocycles. The second-order valence-corrected chi connectivity index (χ2v) is 5.52. The zero-order valence-corrected chi connectivity index (χ0v) is 12.5. The summed E-state index contributed by atoms with van der Waals surface area (Å²) in [4.78, 5) is 16.4. The van der Waals surface area contributed by atoms with E-state index in [1.807, 2.05) is 19.9 Å². The van der Waals surface area contributed by atoms with Crippen LogP contribution in [0.1, 0.15) is 26.3 Å². The van der Waals surface area contributed by atoms with Gasteiger partial charge in [-0.25, -0.2) is 9.78 Å². The van der Waals surface area contributed by atoms with Gasteiger partial charge in [0.2, 0.25) is 5.95 Å².